The van der Waals surface area contributed by atoms with E-state index in [9.17, 15) is 10.1 Å². The Morgan fingerprint density at radius 1 is 1.44 bits per heavy atom. The summed E-state index contributed by atoms with van der Waals surface area (Å²) in [6.07, 6.45) is 5.98. The number of hydrogen-bond acceptors (Lipinski definition) is 6. The average molecular weight is 251 g/mol. The molecular weight excluding hydrogens is 234 g/mol. The Kier molecular flexibility index (Phi) is 3.42. The minimum Gasteiger partial charge on any atom is -0.352 e. The number of likely N-dealkylation sites (N-methyl/N-ethyl adjacent to an activating group) is 1. The molecule has 0 spiro atoms. The summed E-state index contributed by atoms with van der Waals surface area (Å²) in [6, 6.07) is 0. The average Bonchev–Trinajstić information content (AvgIpc) is 2.27. The highest BCUT2D eigenvalue weighted by molar-refractivity contribution is 5.31. The molecule has 0 atom stereocenters. The zero-order chi connectivity index (χ0) is 13.2. The summed E-state index contributed by atoms with van der Waals surface area (Å²) in [5.74, 6) is 0.439. The summed E-state index contributed by atoms with van der Waals surface area (Å²) in [5, 5.41) is 13.6. The lowest BCUT2D eigenvalue weighted by Gasteiger charge is -2.47. The van der Waals surface area contributed by atoms with Crippen molar-refractivity contribution in [2.75, 3.05) is 26.0 Å². The molecule has 0 aliphatic heterocycles. The quantitative estimate of drug-likeness (QED) is 0.627. The lowest BCUT2D eigenvalue weighted by molar-refractivity contribution is -0.385. The van der Waals surface area contributed by atoms with E-state index in [1.165, 1.54) is 18.8 Å². The Morgan fingerprint density at radius 3 is 2.44 bits per heavy atom. The molecule has 98 valence electrons. The second-order valence-electron chi connectivity index (χ2n) is 4.85. The Balaban J connectivity index is 1.96. The molecule has 0 aromatic carbocycles. The first-order chi connectivity index (χ1) is 8.53. The van der Waals surface area contributed by atoms with Gasteiger partial charge in [0.2, 0.25) is 5.95 Å². The van der Waals surface area contributed by atoms with Gasteiger partial charge in [-0.2, -0.15) is 0 Å². The summed E-state index contributed by atoms with van der Waals surface area (Å²) >= 11 is 0. The molecule has 0 saturated heterocycles. The van der Waals surface area contributed by atoms with Crippen LogP contribution in [-0.4, -0.2) is 46.0 Å². The molecular formula is C11H17N5O2. The van der Waals surface area contributed by atoms with Crippen LogP contribution < -0.4 is 5.32 Å². The first-order valence-corrected chi connectivity index (χ1v) is 5.91. The third-order valence-electron chi connectivity index (χ3n) is 3.66. The Bertz CT molecular complexity index is 428. The van der Waals surface area contributed by atoms with Gasteiger partial charge in [0.05, 0.1) is 4.92 Å². The first kappa shape index (κ1) is 12.7. The molecule has 1 aliphatic rings. The fourth-order valence-corrected chi connectivity index (χ4v) is 2.12. The van der Waals surface area contributed by atoms with Crippen molar-refractivity contribution in [2.45, 2.75) is 24.8 Å². The third kappa shape index (κ3) is 2.40. The van der Waals surface area contributed by atoms with Crippen LogP contribution in [0.4, 0.5) is 11.6 Å². The predicted molar refractivity (Wildman–Crippen MR) is 67.4 cm³/mol. The van der Waals surface area contributed by atoms with Crippen molar-refractivity contribution in [3.8, 4) is 0 Å². The van der Waals surface area contributed by atoms with E-state index in [1.54, 1.807) is 0 Å². The van der Waals surface area contributed by atoms with Crippen molar-refractivity contribution < 1.29 is 4.92 Å². The minimum absolute atomic E-state index is 0.0912. The number of aromatic nitrogens is 2. The normalized spacial score (nSPS) is 17.3. The standard InChI is InChI=1S/C11H17N5O2/c1-15(2)11(4-3-5-11)8-14-10-12-6-9(7-13-10)16(17)18/h6-7H,3-5,8H2,1-2H3,(H,12,13,14). The molecule has 7 heteroatoms. The van der Waals surface area contributed by atoms with E-state index >= 15 is 0 Å². The SMILES string of the molecule is CN(C)C1(CNc2ncc([N+](=O)[O-])cn2)CCC1. The van der Waals surface area contributed by atoms with Crippen molar-refractivity contribution in [3.63, 3.8) is 0 Å². The Morgan fingerprint density at radius 2 is 2.06 bits per heavy atom. The van der Waals surface area contributed by atoms with Gasteiger partial charge in [-0.3, -0.25) is 10.1 Å². The molecule has 1 fully saturated rings. The maximum absolute atomic E-state index is 10.5. The molecule has 18 heavy (non-hydrogen) atoms. The number of nitrogens with one attached hydrogen (secondary N) is 1. The van der Waals surface area contributed by atoms with Crippen molar-refractivity contribution in [2.24, 2.45) is 0 Å². The van der Waals surface area contributed by atoms with Crippen LogP contribution >= 0.6 is 0 Å². The summed E-state index contributed by atoms with van der Waals surface area (Å²) in [7, 11) is 4.13. The second-order valence-corrected chi connectivity index (χ2v) is 4.85. The van der Waals surface area contributed by atoms with E-state index in [4.69, 9.17) is 0 Å². The van der Waals surface area contributed by atoms with Gasteiger partial charge in [0.1, 0.15) is 12.4 Å². The number of anilines is 1. The largest absolute Gasteiger partial charge is 0.352 e. The van der Waals surface area contributed by atoms with Crippen molar-refractivity contribution in [3.05, 3.63) is 22.5 Å². The zero-order valence-corrected chi connectivity index (χ0v) is 10.6. The van der Waals surface area contributed by atoms with Gasteiger partial charge in [-0.05, 0) is 33.4 Å². The molecule has 1 heterocycles. The van der Waals surface area contributed by atoms with Crippen LogP contribution in [0.1, 0.15) is 19.3 Å². The fourth-order valence-electron chi connectivity index (χ4n) is 2.12. The number of hydrogen-bond donors (Lipinski definition) is 1. The van der Waals surface area contributed by atoms with Gasteiger partial charge in [-0.15, -0.1) is 0 Å². The topological polar surface area (TPSA) is 84.2 Å². The van der Waals surface area contributed by atoms with Crippen LogP contribution in [0.5, 0.6) is 0 Å². The molecule has 2 rings (SSSR count). The van der Waals surface area contributed by atoms with Crippen molar-refractivity contribution in [1.29, 1.82) is 0 Å². The maximum atomic E-state index is 10.5. The highest BCUT2D eigenvalue weighted by Gasteiger charge is 2.38. The van der Waals surface area contributed by atoms with Gasteiger partial charge in [0.25, 0.3) is 0 Å². The van der Waals surface area contributed by atoms with E-state index < -0.39 is 4.92 Å². The highest BCUT2D eigenvalue weighted by Crippen LogP contribution is 2.35. The van der Waals surface area contributed by atoms with Gasteiger partial charge >= 0.3 is 5.69 Å². The van der Waals surface area contributed by atoms with Crippen molar-refractivity contribution in [1.82, 2.24) is 14.9 Å². The van der Waals surface area contributed by atoms with Crippen LogP contribution in [0.3, 0.4) is 0 Å². The zero-order valence-electron chi connectivity index (χ0n) is 10.6. The summed E-state index contributed by atoms with van der Waals surface area (Å²) in [6.45, 7) is 0.762. The monoisotopic (exact) mass is 251 g/mol. The fraction of sp³-hybridized carbons (Fsp3) is 0.636. The van der Waals surface area contributed by atoms with E-state index in [2.05, 4.69) is 34.3 Å². The van der Waals surface area contributed by atoms with Crippen LogP contribution in [-0.2, 0) is 0 Å². The Hall–Kier alpha value is -1.76. The lowest BCUT2D eigenvalue weighted by atomic mass is 9.75. The molecule has 7 nitrogen and oxygen atoms in total. The molecule has 0 unspecified atom stereocenters. The van der Waals surface area contributed by atoms with E-state index in [1.807, 2.05) is 0 Å². The van der Waals surface area contributed by atoms with Crippen LogP contribution in [0, 0.1) is 10.1 Å². The maximum Gasteiger partial charge on any atom is 0.305 e. The van der Waals surface area contributed by atoms with E-state index in [0.717, 1.165) is 19.4 Å². The predicted octanol–water partition coefficient (Wildman–Crippen LogP) is 1.28. The summed E-state index contributed by atoms with van der Waals surface area (Å²) in [5.41, 5.74) is 0.0806. The van der Waals surface area contributed by atoms with Crippen LogP contribution in [0.2, 0.25) is 0 Å². The highest BCUT2D eigenvalue weighted by atomic mass is 16.6. The van der Waals surface area contributed by atoms with Crippen LogP contribution in [0.15, 0.2) is 12.4 Å². The van der Waals surface area contributed by atoms with Gasteiger partial charge in [-0.1, -0.05) is 0 Å². The number of nitro groups is 1. The van der Waals surface area contributed by atoms with Gasteiger partial charge in [0, 0.05) is 12.1 Å². The molecule has 1 aliphatic carbocycles. The molecule has 0 bridgehead atoms. The molecule has 1 aromatic rings. The Labute approximate surface area is 105 Å². The molecule has 1 N–H and O–H groups in total. The number of nitrogens with zero attached hydrogens (tertiary/aromatic N) is 4. The summed E-state index contributed by atoms with van der Waals surface area (Å²) in [4.78, 5) is 20.1. The second kappa shape index (κ2) is 4.85. The smallest absolute Gasteiger partial charge is 0.305 e. The van der Waals surface area contributed by atoms with Crippen LogP contribution in [0.25, 0.3) is 0 Å². The lowest BCUT2D eigenvalue weighted by Crippen LogP contribution is -2.54. The third-order valence-corrected chi connectivity index (χ3v) is 3.66. The van der Waals surface area contributed by atoms with Gasteiger partial charge < -0.3 is 10.2 Å². The molecule has 0 amide bonds. The van der Waals surface area contributed by atoms with E-state index in [-0.39, 0.29) is 11.2 Å². The molecule has 0 radical (unpaired) electrons. The molecule has 1 saturated carbocycles. The van der Waals surface area contributed by atoms with Gasteiger partial charge in [-0.25, -0.2) is 9.97 Å². The number of rotatable bonds is 5. The molecule has 1 aromatic heterocycles. The van der Waals surface area contributed by atoms with Crippen molar-refractivity contribution >= 4 is 11.6 Å². The summed E-state index contributed by atoms with van der Waals surface area (Å²) < 4.78 is 0. The minimum atomic E-state index is -0.503. The van der Waals surface area contributed by atoms with E-state index in [0.29, 0.717) is 5.95 Å². The first-order valence-electron chi connectivity index (χ1n) is 5.91. The van der Waals surface area contributed by atoms with Gasteiger partial charge in [0.15, 0.2) is 0 Å².